The van der Waals surface area contributed by atoms with Crippen molar-refractivity contribution >= 4 is 17.4 Å². The van der Waals surface area contributed by atoms with Gasteiger partial charge in [-0.05, 0) is 24.6 Å². The zero-order valence-corrected chi connectivity index (χ0v) is 14.8. The molecule has 6 nitrogen and oxygen atoms in total. The number of carbonyl (C=O) groups is 1. The quantitative estimate of drug-likeness (QED) is 0.899. The number of hydrogen-bond acceptors (Lipinski definition) is 5. The summed E-state index contributed by atoms with van der Waals surface area (Å²) in [6.07, 6.45) is 4.44. The van der Waals surface area contributed by atoms with E-state index >= 15 is 0 Å². The highest BCUT2D eigenvalue weighted by Crippen LogP contribution is 2.09. The first-order valence-electron chi connectivity index (χ1n) is 8.26. The summed E-state index contributed by atoms with van der Waals surface area (Å²) in [5.41, 5.74) is 2.31. The van der Waals surface area contributed by atoms with Gasteiger partial charge in [0, 0.05) is 69.2 Å². The molecule has 24 heavy (non-hydrogen) atoms. The van der Waals surface area contributed by atoms with E-state index in [0.29, 0.717) is 6.54 Å². The molecule has 0 aromatic carbocycles. The molecule has 0 aliphatic carbocycles. The predicted octanol–water partition coefficient (Wildman–Crippen LogP) is 1.92. The Bertz CT molecular complexity index is 652. The second-order valence-corrected chi connectivity index (χ2v) is 6.93. The SMILES string of the molecule is Cc1csc(CCNC(=O)N2CCN(Cc3ccncc3)CC2)n1. The largest absolute Gasteiger partial charge is 0.338 e. The molecule has 0 saturated carbocycles. The molecule has 0 radical (unpaired) electrons. The molecule has 3 rings (SSSR count). The van der Waals surface area contributed by atoms with Crippen LogP contribution in [0.15, 0.2) is 29.9 Å². The molecule has 7 heteroatoms. The molecule has 2 aromatic rings. The number of rotatable bonds is 5. The maximum Gasteiger partial charge on any atom is 0.317 e. The minimum Gasteiger partial charge on any atom is -0.338 e. The number of amides is 2. The molecular formula is C17H23N5OS. The zero-order valence-electron chi connectivity index (χ0n) is 13.9. The van der Waals surface area contributed by atoms with E-state index in [1.165, 1.54) is 5.56 Å². The van der Waals surface area contributed by atoms with Gasteiger partial charge in [-0.3, -0.25) is 9.88 Å². The highest BCUT2D eigenvalue weighted by molar-refractivity contribution is 7.09. The van der Waals surface area contributed by atoms with Gasteiger partial charge >= 0.3 is 6.03 Å². The van der Waals surface area contributed by atoms with Gasteiger partial charge in [0.1, 0.15) is 0 Å². The van der Waals surface area contributed by atoms with Crippen molar-refractivity contribution in [2.75, 3.05) is 32.7 Å². The summed E-state index contributed by atoms with van der Waals surface area (Å²) in [6.45, 7) is 6.90. The standard InChI is InChI=1S/C17H23N5OS/c1-14-13-24-16(20-14)4-7-19-17(23)22-10-8-21(9-11-22)12-15-2-5-18-6-3-15/h2-3,5-6,13H,4,7-12H2,1H3,(H,19,23). The van der Waals surface area contributed by atoms with Crippen molar-refractivity contribution in [3.8, 4) is 0 Å². The summed E-state index contributed by atoms with van der Waals surface area (Å²) >= 11 is 1.65. The van der Waals surface area contributed by atoms with Crippen LogP contribution >= 0.6 is 11.3 Å². The first-order valence-corrected chi connectivity index (χ1v) is 9.14. The Morgan fingerprint density at radius 3 is 2.67 bits per heavy atom. The zero-order chi connectivity index (χ0) is 16.8. The van der Waals surface area contributed by atoms with Crippen molar-refractivity contribution in [3.63, 3.8) is 0 Å². The lowest BCUT2D eigenvalue weighted by atomic mass is 10.2. The van der Waals surface area contributed by atoms with Crippen LogP contribution in [0.1, 0.15) is 16.3 Å². The topological polar surface area (TPSA) is 61.4 Å². The molecule has 1 fully saturated rings. The lowest BCUT2D eigenvalue weighted by Gasteiger charge is -2.34. The molecule has 1 aliphatic heterocycles. The number of nitrogens with one attached hydrogen (secondary N) is 1. The Labute approximate surface area is 146 Å². The number of nitrogens with zero attached hydrogens (tertiary/aromatic N) is 4. The van der Waals surface area contributed by atoms with Gasteiger partial charge < -0.3 is 10.2 Å². The van der Waals surface area contributed by atoms with Crippen LogP contribution in [-0.4, -0.2) is 58.5 Å². The third-order valence-corrected chi connectivity index (χ3v) is 5.12. The first-order chi connectivity index (χ1) is 11.7. The lowest BCUT2D eigenvalue weighted by molar-refractivity contribution is 0.135. The monoisotopic (exact) mass is 345 g/mol. The summed E-state index contributed by atoms with van der Waals surface area (Å²) in [5.74, 6) is 0. The van der Waals surface area contributed by atoms with Gasteiger partial charge in [0.25, 0.3) is 0 Å². The molecule has 128 valence electrons. The second-order valence-electron chi connectivity index (χ2n) is 5.98. The van der Waals surface area contributed by atoms with E-state index in [9.17, 15) is 4.79 Å². The van der Waals surface area contributed by atoms with E-state index in [1.54, 1.807) is 11.3 Å². The van der Waals surface area contributed by atoms with E-state index in [-0.39, 0.29) is 6.03 Å². The third kappa shape index (κ3) is 4.75. The minimum absolute atomic E-state index is 0.0341. The summed E-state index contributed by atoms with van der Waals surface area (Å²) in [6, 6.07) is 4.12. The molecule has 3 heterocycles. The Hall–Kier alpha value is -1.99. The molecule has 0 spiro atoms. The maximum atomic E-state index is 12.2. The summed E-state index contributed by atoms with van der Waals surface area (Å²) in [5, 5.41) is 6.12. The van der Waals surface area contributed by atoms with E-state index in [4.69, 9.17) is 0 Å². The van der Waals surface area contributed by atoms with Gasteiger partial charge in [-0.1, -0.05) is 0 Å². The van der Waals surface area contributed by atoms with Crippen molar-refractivity contribution in [3.05, 3.63) is 46.2 Å². The fourth-order valence-corrected chi connectivity index (χ4v) is 3.54. The fraction of sp³-hybridized carbons (Fsp3) is 0.471. The normalized spacial score (nSPS) is 15.5. The van der Waals surface area contributed by atoms with Crippen molar-refractivity contribution in [1.29, 1.82) is 0 Å². The van der Waals surface area contributed by atoms with Gasteiger partial charge in [-0.15, -0.1) is 11.3 Å². The van der Waals surface area contributed by atoms with Gasteiger partial charge in [0.15, 0.2) is 0 Å². The van der Waals surface area contributed by atoms with E-state index in [2.05, 4.69) is 20.2 Å². The molecular weight excluding hydrogens is 322 g/mol. The molecule has 2 aromatic heterocycles. The van der Waals surface area contributed by atoms with Crippen LogP contribution < -0.4 is 5.32 Å². The smallest absolute Gasteiger partial charge is 0.317 e. The van der Waals surface area contributed by atoms with E-state index < -0.39 is 0 Å². The molecule has 1 aliphatic rings. The Morgan fingerprint density at radius 1 is 1.25 bits per heavy atom. The number of aromatic nitrogens is 2. The van der Waals surface area contributed by atoms with Gasteiger partial charge in [0.05, 0.1) is 5.01 Å². The van der Waals surface area contributed by atoms with Gasteiger partial charge in [-0.2, -0.15) is 0 Å². The molecule has 0 bridgehead atoms. The van der Waals surface area contributed by atoms with Crippen molar-refractivity contribution in [2.45, 2.75) is 19.9 Å². The van der Waals surface area contributed by atoms with Crippen LogP contribution in [0.25, 0.3) is 0 Å². The number of thiazole rings is 1. The molecule has 1 saturated heterocycles. The predicted molar refractivity (Wildman–Crippen MR) is 95.0 cm³/mol. The number of urea groups is 1. The average molecular weight is 345 g/mol. The Morgan fingerprint density at radius 2 is 2.00 bits per heavy atom. The van der Waals surface area contributed by atoms with E-state index in [0.717, 1.165) is 49.8 Å². The summed E-state index contributed by atoms with van der Waals surface area (Å²) in [7, 11) is 0. The van der Waals surface area contributed by atoms with Crippen molar-refractivity contribution in [1.82, 2.24) is 25.1 Å². The fourth-order valence-electron chi connectivity index (χ4n) is 2.76. The van der Waals surface area contributed by atoms with Crippen LogP contribution in [0.3, 0.4) is 0 Å². The minimum atomic E-state index is 0.0341. The van der Waals surface area contributed by atoms with Crippen LogP contribution in [0, 0.1) is 6.92 Å². The third-order valence-electron chi connectivity index (χ3n) is 4.10. The number of aryl methyl sites for hydroxylation is 1. The van der Waals surface area contributed by atoms with Crippen LogP contribution in [-0.2, 0) is 13.0 Å². The highest BCUT2D eigenvalue weighted by Gasteiger charge is 2.20. The molecule has 1 N–H and O–H groups in total. The maximum absolute atomic E-state index is 12.2. The van der Waals surface area contributed by atoms with Crippen LogP contribution in [0.5, 0.6) is 0 Å². The van der Waals surface area contributed by atoms with Crippen molar-refractivity contribution < 1.29 is 4.79 Å². The van der Waals surface area contributed by atoms with Crippen molar-refractivity contribution in [2.24, 2.45) is 0 Å². The lowest BCUT2D eigenvalue weighted by Crippen LogP contribution is -2.51. The van der Waals surface area contributed by atoms with Gasteiger partial charge in [-0.25, -0.2) is 9.78 Å². The number of hydrogen-bond donors (Lipinski definition) is 1. The first kappa shape index (κ1) is 16.9. The van der Waals surface area contributed by atoms with E-state index in [1.807, 2.05) is 41.7 Å². The second kappa shape index (κ2) is 8.21. The number of carbonyl (C=O) groups excluding carboxylic acids is 1. The number of pyridine rings is 1. The Kier molecular flexibility index (Phi) is 5.77. The molecule has 2 amide bonds. The number of piperazine rings is 1. The Balaban J connectivity index is 1.37. The van der Waals surface area contributed by atoms with Gasteiger partial charge in [0.2, 0.25) is 0 Å². The average Bonchev–Trinajstić information content (AvgIpc) is 3.02. The highest BCUT2D eigenvalue weighted by atomic mass is 32.1. The molecule has 0 atom stereocenters. The summed E-state index contributed by atoms with van der Waals surface area (Å²) < 4.78 is 0. The van der Waals surface area contributed by atoms with Crippen LogP contribution in [0.4, 0.5) is 4.79 Å². The molecule has 0 unspecified atom stereocenters. The summed E-state index contributed by atoms with van der Waals surface area (Å²) in [4.78, 5) is 25.0. The van der Waals surface area contributed by atoms with Crippen LogP contribution in [0.2, 0.25) is 0 Å².